The molecule has 1 aliphatic rings. The number of carbonyl (C=O) groups excluding carboxylic acids is 1. The highest BCUT2D eigenvalue weighted by atomic mass is 35.5. The Morgan fingerprint density at radius 1 is 1.31 bits per heavy atom. The van der Waals surface area contributed by atoms with Crippen LogP contribution in [-0.2, 0) is 16.1 Å². The zero-order valence-corrected chi connectivity index (χ0v) is 16.0. The van der Waals surface area contributed by atoms with Gasteiger partial charge in [-0.1, -0.05) is 29.8 Å². The van der Waals surface area contributed by atoms with Crippen LogP contribution in [-0.4, -0.2) is 53.4 Å². The van der Waals surface area contributed by atoms with Gasteiger partial charge in [0.05, 0.1) is 24.9 Å². The van der Waals surface area contributed by atoms with Crippen LogP contribution >= 0.6 is 11.6 Å². The topological polar surface area (TPSA) is 59.4 Å². The Morgan fingerprint density at radius 3 is 2.69 bits per heavy atom. The molecule has 6 nitrogen and oxygen atoms in total. The number of amides is 1. The summed E-state index contributed by atoms with van der Waals surface area (Å²) in [6, 6.07) is 9.80. The van der Waals surface area contributed by atoms with Gasteiger partial charge in [0.2, 0.25) is 5.91 Å². The first kappa shape index (κ1) is 18.9. The van der Waals surface area contributed by atoms with Crippen LogP contribution in [0.15, 0.2) is 30.3 Å². The molecule has 2 heterocycles. The Morgan fingerprint density at radius 2 is 2.04 bits per heavy atom. The van der Waals surface area contributed by atoms with Crippen LogP contribution in [0.25, 0.3) is 0 Å². The lowest BCUT2D eigenvalue weighted by atomic mass is 10.0. The number of hydrogen-bond donors (Lipinski definition) is 1. The van der Waals surface area contributed by atoms with Gasteiger partial charge >= 0.3 is 0 Å². The molecule has 1 fully saturated rings. The van der Waals surface area contributed by atoms with Gasteiger partial charge in [-0.05, 0) is 31.5 Å². The fraction of sp³-hybridized carbons (Fsp3) is 0.474. The third kappa shape index (κ3) is 4.63. The Kier molecular flexibility index (Phi) is 6.29. The van der Waals surface area contributed by atoms with Gasteiger partial charge in [0.1, 0.15) is 6.54 Å². The number of nitrogens with zero attached hydrogens (tertiary/aromatic N) is 3. The van der Waals surface area contributed by atoms with E-state index in [0.717, 1.165) is 35.1 Å². The number of carbonyl (C=O) groups is 1. The number of aromatic nitrogens is 2. The third-order valence-electron chi connectivity index (χ3n) is 4.64. The molecule has 3 rings (SSSR count). The Bertz CT molecular complexity index is 756. The molecule has 0 unspecified atom stereocenters. The number of hydrogen-bond acceptors (Lipinski definition) is 4. The van der Waals surface area contributed by atoms with E-state index in [1.54, 1.807) is 4.68 Å². The number of ether oxygens (including phenoxy) is 1. The second-order valence-electron chi connectivity index (χ2n) is 6.57. The molecule has 1 N–H and O–H groups in total. The van der Waals surface area contributed by atoms with Gasteiger partial charge in [-0.3, -0.25) is 14.4 Å². The lowest BCUT2D eigenvalue weighted by Crippen LogP contribution is -2.44. The van der Waals surface area contributed by atoms with Crippen molar-refractivity contribution < 1.29 is 9.53 Å². The number of benzene rings is 1. The summed E-state index contributed by atoms with van der Waals surface area (Å²) < 4.78 is 7.19. The largest absolute Gasteiger partial charge is 0.379 e. The van der Waals surface area contributed by atoms with Gasteiger partial charge in [-0.15, -0.1) is 0 Å². The quantitative estimate of drug-likeness (QED) is 0.840. The van der Waals surface area contributed by atoms with Crippen molar-refractivity contribution in [1.82, 2.24) is 20.0 Å². The molecule has 1 aromatic carbocycles. The van der Waals surface area contributed by atoms with Crippen molar-refractivity contribution in [3.8, 4) is 0 Å². The second-order valence-corrected chi connectivity index (χ2v) is 6.98. The first-order chi connectivity index (χ1) is 12.5. The van der Waals surface area contributed by atoms with Crippen LogP contribution in [0, 0.1) is 13.8 Å². The molecule has 2 aromatic rings. The molecule has 0 bridgehead atoms. The average molecular weight is 377 g/mol. The van der Waals surface area contributed by atoms with E-state index in [-0.39, 0.29) is 18.5 Å². The normalized spacial score (nSPS) is 16.4. The average Bonchev–Trinajstić information content (AvgIpc) is 2.94. The van der Waals surface area contributed by atoms with Crippen molar-refractivity contribution in [2.24, 2.45) is 0 Å². The number of rotatable bonds is 6. The Hall–Kier alpha value is -1.89. The SMILES string of the molecule is Cc1cc(C)n(CC(=O)NC[C@H](c2ccccc2Cl)N2CCOCC2)n1. The minimum Gasteiger partial charge on any atom is -0.379 e. The number of nitrogens with one attached hydrogen (secondary N) is 1. The highest BCUT2D eigenvalue weighted by Gasteiger charge is 2.25. The predicted molar refractivity (Wildman–Crippen MR) is 101 cm³/mol. The maximum absolute atomic E-state index is 12.4. The van der Waals surface area contributed by atoms with Crippen molar-refractivity contribution in [2.45, 2.75) is 26.4 Å². The predicted octanol–water partition coefficient (Wildman–Crippen LogP) is 2.34. The van der Waals surface area contributed by atoms with E-state index >= 15 is 0 Å². The van der Waals surface area contributed by atoms with Gasteiger partial charge in [0.25, 0.3) is 0 Å². The lowest BCUT2D eigenvalue weighted by molar-refractivity contribution is -0.122. The first-order valence-electron chi connectivity index (χ1n) is 8.88. The summed E-state index contributed by atoms with van der Waals surface area (Å²) in [4.78, 5) is 14.7. The molecule has 1 saturated heterocycles. The molecule has 7 heteroatoms. The van der Waals surface area contributed by atoms with E-state index in [2.05, 4.69) is 15.3 Å². The molecule has 0 aliphatic carbocycles. The molecule has 1 aliphatic heterocycles. The van der Waals surface area contributed by atoms with Crippen LogP contribution < -0.4 is 5.32 Å². The molecular formula is C19H25ClN4O2. The van der Waals surface area contributed by atoms with Crippen LogP contribution in [0.3, 0.4) is 0 Å². The Labute approximate surface area is 159 Å². The lowest BCUT2D eigenvalue weighted by Gasteiger charge is -2.35. The van der Waals surface area contributed by atoms with E-state index in [9.17, 15) is 4.79 Å². The zero-order chi connectivity index (χ0) is 18.5. The fourth-order valence-electron chi connectivity index (χ4n) is 3.31. The van der Waals surface area contributed by atoms with Gasteiger partial charge < -0.3 is 10.1 Å². The van der Waals surface area contributed by atoms with Crippen LogP contribution in [0.1, 0.15) is 23.0 Å². The Balaban J connectivity index is 1.68. The van der Waals surface area contributed by atoms with Gasteiger partial charge in [-0.2, -0.15) is 5.10 Å². The van der Waals surface area contributed by atoms with Crippen molar-refractivity contribution in [2.75, 3.05) is 32.8 Å². The van der Waals surface area contributed by atoms with E-state index in [4.69, 9.17) is 16.3 Å². The summed E-state index contributed by atoms with van der Waals surface area (Å²) >= 11 is 6.42. The molecule has 140 valence electrons. The smallest absolute Gasteiger partial charge is 0.241 e. The third-order valence-corrected chi connectivity index (χ3v) is 4.98. The van der Waals surface area contributed by atoms with Crippen LogP contribution in [0.2, 0.25) is 5.02 Å². The van der Waals surface area contributed by atoms with E-state index in [1.165, 1.54) is 0 Å². The summed E-state index contributed by atoms with van der Waals surface area (Å²) in [5, 5.41) is 8.12. The second kappa shape index (κ2) is 8.66. The van der Waals surface area contributed by atoms with Crippen molar-refractivity contribution in [3.05, 3.63) is 52.3 Å². The first-order valence-corrected chi connectivity index (χ1v) is 9.26. The minimum absolute atomic E-state index is 0.0250. The molecule has 26 heavy (non-hydrogen) atoms. The number of morpholine rings is 1. The zero-order valence-electron chi connectivity index (χ0n) is 15.2. The van der Waals surface area contributed by atoms with Gasteiger partial charge in [0.15, 0.2) is 0 Å². The summed E-state index contributed by atoms with van der Waals surface area (Å²) in [5.74, 6) is -0.0542. The summed E-state index contributed by atoms with van der Waals surface area (Å²) in [5.41, 5.74) is 2.92. The number of aryl methyl sites for hydroxylation is 2. The number of halogens is 1. The summed E-state index contributed by atoms with van der Waals surface area (Å²) in [7, 11) is 0. The molecule has 0 radical (unpaired) electrons. The highest BCUT2D eigenvalue weighted by Crippen LogP contribution is 2.27. The molecule has 0 spiro atoms. The maximum atomic E-state index is 12.4. The van der Waals surface area contributed by atoms with Crippen molar-refractivity contribution in [1.29, 1.82) is 0 Å². The molecular weight excluding hydrogens is 352 g/mol. The van der Waals surface area contributed by atoms with E-state index < -0.39 is 0 Å². The summed E-state index contributed by atoms with van der Waals surface area (Å²) in [6.45, 7) is 7.63. The highest BCUT2D eigenvalue weighted by molar-refractivity contribution is 6.31. The minimum atomic E-state index is -0.0542. The van der Waals surface area contributed by atoms with Crippen LogP contribution in [0.4, 0.5) is 0 Å². The van der Waals surface area contributed by atoms with Gasteiger partial charge in [-0.25, -0.2) is 0 Å². The standard InChI is InChI=1S/C19H25ClN4O2/c1-14-11-15(2)24(22-14)13-19(25)21-12-18(23-7-9-26-10-8-23)16-5-3-4-6-17(16)20/h3-6,11,18H,7-10,12-13H2,1-2H3,(H,21,25)/t18-/m1/s1. The van der Waals surface area contributed by atoms with Gasteiger partial charge in [0, 0.05) is 30.4 Å². The van der Waals surface area contributed by atoms with E-state index in [1.807, 2.05) is 44.2 Å². The molecule has 1 aromatic heterocycles. The molecule has 1 amide bonds. The summed E-state index contributed by atoms with van der Waals surface area (Å²) in [6.07, 6.45) is 0. The fourth-order valence-corrected chi connectivity index (χ4v) is 3.57. The van der Waals surface area contributed by atoms with Crippen LogP contribution in [0.5, 0.6) is 0 Å². The molecule has 0 saturated carbocycles. The van der Waals surface area contributed by atoms with Crippen molar-refractivity contribution in [3.63, 3.8) is 0 Å². The monoisotopic (exact) mass is 376 g/mol. The van der Waals surface area contributed by atoms with Crippen molar-refractivity contribution >= 4 is 17.5 Å². The molecule has 1 atom stereocenters. The van der Waals surface area contributed by atoms with E-state index in [0.29, 0.717) is 19.8 Å². The maximum Gasteiger partial charge on any atom is 0.241 e.